The van der Waals surface area contributed by atoms with E-state index in [0.717, 1.165) is 6.07 Å². The van der Waals surface area contributed by atoms with E-state index < -0.39 is 29.8 Å². The minimum Gasteiger partial charge on any atom is -0.481 e. The molecule has 1 amide bonds. The molecular formula is C14H16FNO5. The molecule has 2 rings (SSSR count). The number of benzene rings is 1. The summed E-state index contributed by atoms with van der Waals surface area (Å²) in [6.45, 7) is 1.92. The van der Waals surface area contributed by atoms with Crippen LogP contribution in [0.3, 0.4) is 0 Å². The van der Waals surface area contributed by atoms with Gasteiger partial charge < -0.3 is 19.5 Å². The molecule has 1 aromatic carbocycles. The van der Waals surface area contributed by atoms with Gasteiger partial charge in [0.25, 0.3) is 5.91 Å². The second kappa shape index (κ2) is 6.53. The number of nitrogens with zero attached hydrogens (tertiary/aromatic N) is 1. The number of hydrogen-bond acceptors (Lipinski definition) is 4. The van der Waals surface area contributed by atoms with E-state index in [2.05, 4.69) is 0 Å². The number of ether oxygens (including phenoxy) is 2. The van der Waals surface area contributed by atoms with Crippen LogP contribution in [-0.2, 0) is 14.3 Å². The molecule has 1 aromatic rings. The summed E-state index contributed by atoms with van der Waals surface area (Å²) in [5.74, 6) is -1.84. The number of hydrogen-bond donors (Lipinski definition) is 1. The van der Waals surface area contributed by atoms with Crippen molar-refractivity contribution in [2.45, 2.75) is 19.1 Å². The van der Waals surface area contributed by atoms with E-state index >= 15 is 0 Å². The lowest BCUT2D eigenvalue weighted by Crippen LogP contribution is -2.55. The molecule has 0 saturated carbocycles. The molecule has 1 aliphatic heterocycles. The topological polar surface area (TPSA) is 76.1 Å². The standard InChI is InChI=1S/C14H16FNO5/c1-9(21-11-4-2-3-10(15)7-11)13(17)16-5-6-20-8-12(16)14(18)19/h2-4,7,9,12H,5-6,8H2,1H3,(H,18,19). The Morgan fingerprint density at radius 2 is 2.29 bits per heavy atom. The summed E-state index contributed by atoms with van der Waals surface area (Å²) >= 11 is 0. The Morgan fingerprint density at radius 3 is 2.95 bits per heavy atom. The SMILES string of the molecule is CC(Oc1cccc(F)c1)C(=O)N1CCOCC1C(=O)O. The summed E-state index contributed by atoms with van der Waals surface area (Å²) in [5, 5.41) is 9.10. The van der Waals surface area contributed by atoms with Crippen molar-refractivity contribution in [1.29, 1.82) is 0 Å². The fourth-order valence-electron chi connectivity index (χ4n) is 2.10. The highest BCUT2D eigenvalue weighted by atomic mass is 19.1. The zero-order chi connectivity index (χ0) is 15.4. The number of amides is 1. The van der Waals surface area contributed by atoms with E-state index in [1.54, 1.807) is 0 Å². The van der Waals surface area contributed by atoms with Gasteiger partial charge in [0.2, 0.25) is 0 Å². The maximum absolute atomic E-state index is 13.1. The van der Waals surface area contributed by atoms with Gasteiger partial charge in [0.15, 0.2) is 12.1 Å². The molecular weight excluding hydrogens is 281 g/mol. The van der Waals surface area contributed by atoms with Gasteiger partial charge in [-0.2, -0.15) is 0 Å². The van der Waals surface area contributed by atoms with Gasteiger partial charge in [0.1, 0.15) is 11.6 Å². The first-order chi connectivity index (χ1) is 9.99. The Morgan fingerprint density at radius 1 is 1.52 bits per heavy atom. The first-order valence-electron chi connectivity index (χ1n) is 6.52. The number of halogens is 1. The Labute approximate surface area is 121 Å². The van der Waals surface area contributed by atoms with E-state index in [1.807, 2.05) is 0 Å². The lowest BCUT2D eigenvalue weighted by molar-refractivity contribution is -0.161. The molecule has 1 N–H and O–H groups in total. The van der Waals surface area contributed by atoms with E-state index in [1.165, 1.54) is 30.0 Å². The highest BCUT2D eigenvalue weighted by molar-refractivity contribution is 5.86. The lowest BCUT2D eigenvalue weighted by Gasteiger charge is -2.34. The molecule has 114 valence electrons. The predicted molar refractivity (Wildman–Crippen MR) is 70.4 cm³/mol. The van der Waals surface area contributed by atoms with Crippen molar-refractivity contribution >= 4 is 11.9 Å². The van der Waals surface area contributed by atoms with Crippen molar-refractivity contribution in [2.75, 3.05) is 19.8 Å². The minimum atomic E-state index is -1.12. The smallest absolute Gasteiger partial charge is 0.328 e. The van der Waals surface area contributed by atoms with Gasteiger partial charge in [-0.1, -0.05) is 6.07 Å². The van der Waals surface area contributed by atoms with E-state index in [-0.39, 0.29) is 25.5 Å². The monoisotopic (exact) mass is 297 g/mol. The Kier molecular flexibility index (Phi) is 4.74. The van der Waals surface area contributed by atoms with Crippen LogP contribution in [0.5, 0.6) is 5.75 Å². The average Bonchev–Trinajstić information content (AvgIpc) is 2.46. The van der Waals surface area contributed by atoms with Crippen molar-refractivity contribution in [1.82, 2.24) is 4.90 Å². The van der Waals surface area contributed by atoms with Crippen LogP contribution in [-0.4, -0.2) is 53.8 Å². The molecule has 1 saturated heterocycles. The summed E-state index contributed by atoms with van der Waals surface area (Å²) in [6, 6.07) is 4.40. The summed E-state index contributed by atoms with van der Waals surface area (Å²) in [7, 11) is 0. The molecule has 0 bridgehead atoms. The van der Waals surface area contributed by atoms with E-state index in [0.29, 0.717) is 0 Å². The first-order valence-corrected chi connectivity index (χ1v) is 6.52. The summed E-state index contributed by atoms with van der Waals surface area (Å²) in [6.07, 6.45) is -0.910. The molecule has 0 aliphatic carbocycles. The third-order valence-corrected chi connectivity index (χ3v) is 3.15. The third kappa shape index (κ3) is 3.69. The fraction of sp³-hybridized carbons (Fsp3) is 0.429. The van der Waals surface area contributed by atoms with Crippen molar-refractivity contribution in [2.24, 2.45) is 0 Å². The van der Waals surface area contributed by atoms with Crippen molar-refractivity contribution in [3.8, 4) is 5.75 Å². The van der Waals surface area contributed by atoms with Crippen LogP contribution in [0, 0.1) is 5.82 Å². The molecule has 2 atom stereocenters. The van der Waals surface area contributed by atoms with E-state index in [4.69, 9.17) is 14.6 Å². The maximum atomic E-state index is 13.1. The zero-order valence-electron chi connectivity index (χ0n) is 11.5. The Bertz CT molecular complexity index is 536. The van der Waals surface area contributed by atoms with Crippen LogP contribution in [0.25, 0.3) is 0 Å². The summed E-state index contributed by atoms with van der Waals surface area (Å²) in [4.78, 5) is 24.6. The summed E-state index contributed by atoms with van der Waals surface area (Å²) < 4.78 is 23.5. The van der Waals surface area contributed by atoms with Crippen LogP contribution in [0.15, 0.2) is 24.3 Å². The minimum absolute atomic E-state index is 0.0479. The number of carboxylic acids is 1. The highest BCUT2D eigenvalue weighted by Crippen LogP contribution is 2.16. The number of morpholine rings is 1. The van der Waals surface area contributed by atoms with Gasteiger partial charge >= 0.3 is 5.97 Å². The van der Waals surface area contributed by atoms with Crippen LogP contribution in [0.2, 0.25) is 0 Å². The molecule has 7 heteroatoms. The molecule has 0 radical (unpaired) electrons. The number of carbonyl (C=O) groups is 2. The molecule has 21 heavy (non-hydrogen) atoms. The number of carbonyl (C=O) groups excluding carboxylic acids is 1. The van der Waals surface area contributed by atoms with Gasteiger partial charge in [0.05, 0.1) is 13.2 Å². The Hall–Kier alpha value is -2.15. The molecule has 1 fully saturated rings. The largest absolute Gasteiger partial charge is 0.481 e. The molecule has 1 heterocycles. The number of carboxylic acid groups (broad SMARTS) is 1. The van der Waals surface area contributed by atoms with Gasteiger partial charge in [0, 0.05) is 12.6 Å². The second-order valence-electron chi connectivity index (χ2n) is 4.68. The normalized spacial score (nSPS) is 19.9. The number of aliphatic carboxylic acids is 1. The van der Waals surface area contributed by atoms with Gasteiger partial charge in [-0.25, -0.2) is 9.18 Å². The number of rotatable bonds is 4. The molecule has 0 aromatic heterocycles. The van der Waals surface area contributed by atoms with Crippen LogP contribution in [0.1, 0.15) is 6.92 Å². The average molecular weight is 297 g/mol. The third-order valence-electron chi connectivity index (χ3n) is 3.15. The summed E-state index contributed by atoms with van der Waals surface area (Å²) in [5.41, 5.74) is 0. The fourth-order valence-corrected chi connectivity index (χ4v) is 2.10. The highest BCUT2D eigenvalue weighted by Gasteiger charge is 2.35. The lowest BCUT2D eigenvalue weighted by atomic mass is 10.2. The van der Waals surface area contributed by atoms with E-state index in [9.17, 15) is 14.0 Å². The van der Waals surface area contributed by atoms with Gasteiger partial charge in [-0.15, -0.1) is 0 Å². The van der Waals surface area contributed by atoms with Crippen molar-refractivity contribution in [3.05, 3.63) is 30.1 Å². The van der Waals surface area contributed by atoms with Crippen molar-refractivity contribution < 1.29 is 28.6 Å². The van der Waals surface area contributed by atoms with Crippen LogP contribution in [0.4, 0.5) is 4.39 Å². The van der Waals surface area contributed by atoms with Crippen LogP contribution >= 0.6 is 0 Å². The Balaban J connectivity index is 2.05. The van der Waals surface area contributed by atoms with Gasteiger partial charge in [-0.3, -0.25) is 4.79 Å². The molecule has 2 unspecified atom stereocenters. The first kappa shape index (κ1) is 15.2. The quantitative estimate of drug-likeness (QED) is 0.894. The zero-order valence-corrected chi connectivity index (χ0v) is 11.5. The molecule has 1 aliphatic rings. The maximum Gasteiger partial charge on any atom is 0.328 e. The predicted octanol–water partition coefficient (Wildman–Crippen LogP) is 0.905. The van der Waals surface area contributed by atoms with Crippen LogP contribution < -0.4 is 4.74 Å². The second-order valence-corrected chi connectivity index (χ2v) is 4.68. The van der Waals surface area contributed by atoms with Crippen molar-refractivity contribution in [3.63, 3.8) is 0 Å². The molecule has 0 spiro atoms. The molecule has 6 nitrogen and oxygen atoms in total. The van der Waals surface area contributed by atoms with Gasteiger partial charge in [-0.05, 0) is 19.1 Å².